The number of aromatic nitrogens is 1. The lowest BCUT2D eigenvalue weighted by molar-refractivity contribution is -0.135. The van der Waals surface area contributed by atoms with Crippen LogP contribution in [0.1, 0.15) is 39.0 Å². The number of nitrogens with one attached hydrogen (secondary N) is 1. The van der Waals surface area contributed by atoms with E-state index in [0.717, 1.165) is 26.1 Å². The lowest BCUT2D eigenvalue weighted by atomic mass is 10.1. The molecule has 128 valence electrons. The molecule has 7 nitrogen and oxygen atoms in total. The van der Waals surface area contributed by atoms with Gasteiger partial charge in [0.2, 0.25) is 11.8 Å². The number of amides is 2. The molecule has 1 aromatic heterocycles. The van der Waals surface area contributed by atoms with E-state index in [1.807, 2.05) is 6.92 Å². The third-order valence-electron chi connectivity index (χ3n) is 3.99. The van der Waals surface area contributed by atoms with Crippen LogP contribution >= 0.6 is 0 Å². The average Bonchev–Trinajstić information content (AvgIpc) is 3.05. The highest BCUT2D eigenvalue weighted by molar-refractivity contribution is 5.93. The molecule has 0 aliphatic carbocycles. The minimum Gasteiger partial charge on any atom is -0.363 e. The Bertz CT molecular complexity index is 484. The molecule has 7 heteroatoms. The fourth-order valence-corrected chi connectivity index (χ4v) is 2.74. The van der Waals surface area contributed by atoms with Crippen LogP contribution in [0.25, 0.3) is 0 Å². The Morgan fingerprint density at radius 3 is 2.78 bits per heavy atom. The molecule has 1 saturated heterocycles. The summed E-state index contributed by atoms with van der Waals surface area (Å²) in [5, 5.41) is 6.28. The Morgan fingerprint density at radius 2 is 2.13 bits per heavy atom. The van der Waals surface area contributed by atoms with Crippen molar-refractivity contribution < 1.29 is 14.1 Å². The zero-order chi connectivity index (χ0) is 16.5. The number of nitrogens with zero attached hydrogens (tertiary/aromatic N) is 3. The maximum absolute atomic E-state index is 12.2. The van der Waals surface area contributed by atoms with Gasteiger partial charge < -0.3 is 19.6 Å². The fourth-order valence-electron chi connectivity index (χ4n) is 2.74. The predicted octanol–water partition coefficient (Wildman–Crippen LogP) is 1.73. The van der Waals surface area contributed by atoms with Crippen LogP contribution in [0.3, 0.4) is 0 Å². The summed E-state index contributed by atoms with van der Waals surface area (Å²) in [4.78, 5) is 28.3. The third kappa shape index (κ3) is 6.02. The van der Waals surface area contributed by atoms with Crippen molar-refractivity contribution in [3.63, 3.8) is 0 Å². The molecular formula is C16H26N4O3. The van der Waals surface area contributed by atoms with Gasteiger partial charge in [0.05, 0.1) is 6.54 Å². The summed E-state index contributed by atoms with van der Waals surface area (Å²) < 4.78 is 4.68. The molecule has 1 aliphatic rings. The minimum atomic E-state index is -0.248. The van der Waals surface area contributed by atoms with E-state index in [0.29, 0.717) is 18.8 Å². The summed E-state index contributed by atoms with van der Waals surface area (Å²) in [6, 6.07) is 1.57. The van der Waals surface area contributed by atoms with Gasteiger partial charge in [-0.1, -0.05) is 18.5 Å². The van der Waals surface area contributed by atoms with E-state index in [-0.39, 0.29) is 18.4 Å². The highest BCUT2D eigenvalue weighted by Gasteiger charge is 2.19. The summed E-state index contributed by atoms with van der Waals surface area (Å²) in [7, 11) is 0. The number of rotatable bonds is 8. The van der Waals surface area contributed by atoms with E-state index in [4.69, 9.17) is 0 Å². The van der Waals surface area contributed by atoms with Gasteiger partial charge in [0.1, 0.15) is 6.26 Å². The van der Waals surface area contributed by atoms with Crippen molar-refractivity contribution in [1.82, 2.24) is 15.0 Å². The zero-order valence-corrected chi connectivity index (χ0v) is 13.8. The molecule has 2 rings (SSSR count). The molecule has 1 N–H and O–H groups in total. The van der Waals surface area contributed by atoms with Crippen LogP contribution in [-0.4, -0.2) is 59.5 Å². The molecule has 2 amide bonds. The molecule has 2 heterocycles. The Balaban J connectivity index is 1.84. The largest absolute Gasteiger partial charge is 0.363 e. The van der Waals surface area contributed by atoms with Gasteiger partial charge in [0.25, 0.3) is 0 Å². The summed E-state index contributed by atoms with van der Waals surface area (Å²) in [5.41, 5.74) is 0. The normalized spacial score (nSPS) is 15.3. The Kier molecular flexibility index (Phi) is 7.06. The standard InChI is InChI=1S/C16H26N4O3/c1-2-6-16(22)20(11-10-19-8-4-3-5-9-19)13-15(21)17-14-7-12-23-18-14/h7,12H,2-6,8-11,13H2,1H3,(H,17,18,21). The summed E-state index contributed by atoms with van der Waals surface area (Å²) in [6.07, 6.45) is 6.37. The van der Waals surface area contributed by atoms with Crippen molar-refractivity contribution in [3.05, 3.63) is 12.3 Å². The van der Waals surface area contributed by atoms with Gasteiger partial charge >= 0.3 is 0 Å². The fraction of sp³-hybridized carbons (Fsp3) is 0.688. The zero-order valence-electron chi connectivity index (χ0n) is 13.8. The number of anilines is 1. The summed E-state index contributed by atoms with van der Waals surface area (Å²) in [6.45, 7) is 5.61. The van der Waals surface area contributed by atoms with Gasteiger partial charge in [0, 0.05) is 25.6 Å². The molecule has 0 spiro atoms. The van der Waals surface area contributed by atoms with Crippen LogP contribution in [0, 0.1) is 0 Å². The van der Waals surface area contributed by atoms with Gasteiger partial charge in [-0.2, -0.15) is 0 Å². The second-order valence-electron chi connectivity index (χ2n) is 5.90. The van der Waals surface area contributed by atoms with Gasteiger partial charge in [-0.3, -0.25) is 9.59 Å². The molecule has 1 aliphatic heterocycles. The first-order valence-corrected chi connectivity index (χ1v) is 8.39. The second kappa shape index (κ2) is 9.29. The van der Waals surface area contributed by atoms with Crippen molar-refractivity contribution in [2.75, 3.05) is 38.0 Å². The van der Waals surface area contributed by atoms with Crippen molar-refractivity contribution in [3.8, 4) is 0 Å². The first-order valence-electron chi connectivity index (χ1n) is 8.39. The van der Waals surface area contributed by atoms with E-state index in [1.165, 1.54) is 25.5 Å². The second-order valence-corrected chi connectivity index (χ2v) is 5.90. The van der Waals surface area contributed by atoms with Gasteiger partial charge in [0.15, 0.2) is 5.82 Å². The van der Waals surface area contributed by atoms with Crippen molar-refractivity contribution in [2.24, 2.45) is 0 Å². The predicted molar refractivity (Wildman–Crippen MR) is 86.9 cm³/mol. The van der Waals surface area contributed by atoms with Crippen LogP contribution in [-0.2, 0) is 9.59 Å². The minimum absolute atomic E-state index is 0.0276. The van der Waals surface area contributed by atoms with Crippen LogP contribution in [0.15, 0.2) is 16.9 Å². The van der Waals surface area contributed by atoms with E-state index < -0.39 is 0 Å². The van der Waals surface area contributed by atoms with Crippen LogP contribution in [0.4, 0.5) is 5.82 Å². The smallest absolute Gasteiger partial charge is 0.245 e. The van der Waals surface area contributed by atoms with E-state index in [2.05, 4.69) is 19.9 Å². The molecule has 1 aromatic rings. The Morgan fingerprint density at radius 1 is 1.35 bits per heavy atom. The number of hydrogen-bond donors (Lipinski definition) is 1. The molecule has 0 unspecified atom stereocenters. The summed E-state index contributed by atoms with van der Waals surface area (Å²) in [5.74, 6) is 0.149. The molecule has 0 atom stereocenters. The van der Waals surface area contributed by atoms with Crippen LogP contribution in [0.5, 0.6) is 0 Å². The van der Waals surface area contributed by atoms with Gasteiger partial charge in [-0.15, -0.1) is 0 Å². The lowest BCUT2D eigenvalue weighted by Gasteiger charge is -2.29. The lowest BCUT2D eigenvalue weighted by Crippen LogP contribution is -2.43. The molecular weight excluding hydrogens is 296 g/mol. The number of carbonyl (C=O) groups excluding carboxylic acids is 2. The van der Waals surface area contributed by atoms with E-state index in [1.54, 1.807) is 11.0 Å². The first kappa shape index (κ1) is 17.5. The number of carbonyl (C=O) groups is 2. The molecule has 0 bridgehead atoms. The maximum atomic E-state index is 12.2. The summed E-state index contributed by atoms with van der Waals surface area (Å²) >= 11 is 0. The number of piperidine rings is 1. The Labute approximate surface area is 137 Å². The number of likely N-dealkylation sites (tertiary alicyclic amines) is 1. The Hall–Kier alpha value is -1.89. The topological polar surface area (TPSA) is 78.7 Å². The first-order chi connectivity index (χ1) is 11.2. The monoisotopic (exact) mass is 322 g/mol. The van der Waals surface area contributed by atoms with E-state index in [9.17, 15) is 9.59 Å². The average molecular weight is 322 g/mol. The van der Waals surface area contributed by atoms with E-state index >= 15 is 0 Å². The molecule has 0 saturated carbocycles. The van der Waals surface area contributed by atoms with Gasteiger partial charge in [-0.25, -0.2) is 0 Å². The molecule has 0 aromatic carbocycles. The quantitative estimate of drug-likeness (QED) is 0.788. The maximum Gasteiger partial charge on any atom is 0.245 e. The van der Waals surface area contributed by atoms with Crippen LogP contribution in [0.2, 0.25) is 0 Å². The number of hydrogen-bond acceptors (Lipinski definition) is 5. The van der Waals surface area contributed by atoms with Gasteiger partial charge in [-0.05, 0) is 32.4 Å². The highest BCUT2D eigenvalue weighted by atomic mass is 16.5. The van der Waals surface area contributed by atoms with Crippen molar-refractivity contribution in [1.29, 1.82) is 0 Å². The third-order valence-corrected chi connectivity index (χ3v) is 3.99. The molecule has 1 fully saturated rings. The molecule has 23 heavy (non-hydrogen) atoms. The highest BCUT2D eigenvalue weighted by Crippen LogP contribution is 2.09. The van der Waals surface area contributed by atoms with Crippen molar-refractivity contribution in [2.45, 2.75) is 39.0 Å². The van der Waals surface area contributed by atoms with Crippen molar-refractivity contribution >= 4 is 17.6 Å². The van der Waals surface area contributed by atoms with Crippen LogP contribution < -0.4 is 5.32 Å². The molecule has 0 radical (unpaired) electrons. The SMILES string of the molecule is CCCC(=O)N(CCN1CCCCC1)CC(=O)Nc1ccon1.